The molecule has 0 radical (unpaired) electrons. The Kier molecular flexibility index (Phi) is 3.50. The zero-order valence-corrected chi connectivity index (χ0v) is 7.73. The highest BCUT2D eigenvalue weighted by Gasteiger charge is 2.31. The molecule has 0 aromatic rings. The summed E-state index contributed by atoms with van der Waals surface area (Å²) in [6, 6.07) is 0. The molecule has 1 aliphatic rings. The Bertz CT molecular complexity index is 136. The minimum atomic E-state index is -0.693. The van der Waals surface area contributed by atoms with Gasteiger partial charge in [0.05, 0.1) is 12.2 Å². The van der Waals surface area contributed by atoms with Crippen LogP contribution in [0, 0.1) is 5.92 Å². The normalized spacial score (nSPS) is 37.2. The van der Waals surface area contributed by atoms with Gasteiger partial charge in [-0.1, -0.05) is 13.8 Å². The first-order chi connectivity index (χ1) is 5.61. The van der Waals surface area contributed by atoms with Gasteiger partial charge in [0.15, 0.2) is 0 Å². The lowest BCUT2D eigenvalue weighted by molar-refractivity contribution is -0.139. The van der Waals surface area contributed by atoms with Gasteiger partial charge >= 0.3 is 0 Å². The van der Waals surface area contributed by atoms with E-state index in [1.807, 2.05) is 0 Å². The van der Waals surface area contributed by atoms with Gasteiger partial charge in [0.1, 0.15) is 6.10 Å². The minimum absolute atomic E-state index is 0.172. The molecular formula is C9H18O3. The van der Waals surface area contributed by atoms with E-state index in [9.17, 15) is 10.2 Å². The van der Waals surface area contributed by atoms with Gasteiger partial charge in [0, 0.05) is 6.61 Å². The van der Waals surface area contributed by atoms with Crippen molar-refractivity contribution in [3.63, 3.8) is 0 Å². The average molecular weight is 174 g/mol. The van der Waals surface area contributed by atoms with Gasteiger partial charge in [-0.05, 0) is 18.8 Å². The Hall–Kier alpha value is -0.120. The minimum Gasteiger partial charge on any atom is -0.390 e. The third kappa shape index (κ3) is 2.44. The lowest BCUT2D eigenvalue weighted by Gasteiger charge is -2.32. The van der Waals surface area contributed by atoms with Crippen molar-refractivity contribution in [2.75, 3.05) is 6.61 Å². The van der Waals surface area contributed by atoms with Crippen LogP contribution in [0.1, 0.15) is 26.7 Å². The molecule has 1 aliphatic heterocycles. The van der Waals surface area contributed by atoms with Crippen molar-refractivity contribution in [1.82, 2.24) is 0 Å². The highest BCUT2D eigenvalue weighted by Crippen LogP contribution is 2.20. The third-order valence-electron chi connectivity index (χ3n) is 2.22. The molecule has 3 heteroatoms. The first kappa shape index (κ1) is 9.96. The van der Waals surface area contributed by atoms with E-state index >= 15 is 0 Å². The van der Waals surface area contributed by atoms with Gasteiger partial charge in [-0.2, -0.15) is 0 Å². The van der Waals surface area contributed by atoms with Crippen molar-refractivity contribution in [2.45, 2.75) is 45.0 Å². The molecule has 3 unspecified atom stereocenters. The second-order valence-electron chi connectivity index (χ2n) is 3.89. The summed E-state index contributed by atoms with van der Waals surface area (Å²) >= 11 is 0. The molecule has 1 heterocycles. The number of rotatable bonds is 2. The van der Waals surface area contributed by atoms with Gasteiger partial charge in [0.2, 0.25) is 0 Å². The second kappa shape index (κ2) is 4.21. The lowest BCUT2D eigenvalue weighted by atomic mass is 9.95. The number of hydrogen-bond acceptors (Lipinski definition) is 3. The van der Waals surface area contributed by atoms with Crippen LogP contribution in [0.4, 0.5) is 0 Å². The van der Waals surface area contributed by atoms with Crippen LogP contribution in [0.25, 0.3) is 0 Å². The number of hydrogen-bond donors (Lipinski definition) is 2. The summed E-state index contributed by atoms with van der Waals surface area (Å²) in [4.78, 5) is 0. The Morgan fingerprint density at radius 3 is 2.67 bits per heavy atom. The van der Waals surface area contributed by atoms with Gasteiger partial charge in [-0.15, -0.1) is 0 Å². The van der Waals surface area contributed by atoms with E-state index in [4.69, 9.17) is 4.74 Å². The molecule has 0 aliphatic carbocycles. The van der Waals surface area contributed by atoms with Gasteiger partial charge in [0.25, 0.3) is 0 Å². The highest BCUT2D eigenvalue weighted by atomic mass is 16.5. The quantitative estimate of drug-likeness (QED) is 0.642. The fourth-order valence-corrected chi connectivity index (χ4v) is 1.53. The van der Waals surface area contributed by atoms with Crippen LogP contribution in [0.3, 0.4) is 0 Å². The van der Waals surface area contributed by atoms with E-state index in [2.05, 4.69) is 13.8 Å². The molecule has 0 aromatic carbocycles. The molecule has 1 fully saturated rings. The fraction of sp³-hybridized carbons (Fsp3) is 1.00. The highest BCUT2D eigenvalue weighted by molar-refractivity contribution is 4.81. The van der Waals surface area contributed by atoms with Gasteiger partial charge in [-0.3, -0.25) is 0 Å². The summed E-state index contributed by atoms with van der Waals surface area (Å²) in [7, 11) is 0. The summed E-state index contributed by atoms with van der Waals surface area (Å²) < 4.78 is 5.36. The van der Waals surface area contributed by atoms with Crippen molar-refractivity contribution >= 4 is 0 Å². The van der Waals surface area contributed by atoms with Crippen LogP contribution in [0.2, 0.25) is 0 Å². The number of ether oxygens (including phenoxy) is 1. The fourth-order valence-electron chi connectivity index (χ4n) is 1.53. The van der Waals surface area contributed by atoms with Gasteiger partial charge in [-0.25, -0.2) is 0 Å². The van der Waals surface area contributed by atoms with E-state index in [-0.39, 0.29) is 6.10 Å². The molecular weight excluding hydrogens is 156 g/mol. The third-order valence-corrected chi connectivity index (χ3v) is 2.22. The molecule has 0 amide bonds. The molecule has 3 nitrogen and oxygen atoms in total. The van der Waals surface area contributed by atoms with Crippen LogP contribution >= 0.6 is 0 Å². The molecule has 0 aromatic heterocycles. The zero-order valence-electron chi connectivity index (χ0n) is 7.73. The van der Waals surface area contributed by atoms with Crippen LogP contribution in [0.5, 0.6) is 0 Å². The maximum absolute atomic E-state index is 9.51. The van der Waals surface area contributed by atoms with Crippen molar-refractivity contribution in [1.29, 1.82) is 0 Å². The van der Waals surface area contributed by atoms with E-state index in [1.165, 1.54) is 0 Å². The standard InChI is InChI=1S/C9H18O3/c1-6(2)5-8-9(11)7(10)3-4-12-8/h6-11H,3-5H2,1-2H3. The maximum atomic E-state index is 9.51. The summed E-state index contributed by atoms with van der Waals surface area (Å²) in [6.45, 7) is 4.73. The summed E-state index contributed by atoms with van der Waals surface area (Å²) in [5.41, 5.74) is 0. The molecule has 0 saturated carbocycles. The van der Waals surface area contributed by atoms with Gasteiger partial charge < -0.3 is 14.9 Å². The number of aliphatic hydroxyl groups is 2. The Morgan fingerprint density at radius 2 is 2.08 bits per heavy atom. The summed E-state index contributed by atoms with van der Waals surface area (Å²) in [5.74, 6) is 0.495. The lowest BCUT2D eigenvalue weighted by Crippen LogP contribution is -2.44. The van der Waals surface area contributed by atoms with E-state index in [0.29, 0.717) is 18.9 Å². The monoisotopic (exact) mass is 174 g/mol. The van der Waals surface area contributed by atoms with Crippen LogP contribution in [-0.4, -0.2) is 35.1 Å². The predicted octanol–water partition coefficient (Wildman–Crippen LogP) is 0.543. The SMILES string of the molecule is CC(C)CC1OCCC(O)C1O. The van der Waals surface area contributed by atoms with Crippen molar-refractivity contribution in [2.24, 2.45) is 5.92 Å². The summed E-state index contributed by atoms with van der Waals surface area (Å²) in [6.07, 6.45) is -0.0917. The molecule has 3 atom stereocenters. The van der Waals surface area contributed by atoms with Crippen molar-refractivity contribution < 1.29 is 14.9 Å². The average Bonchev–Trinajstić information content (AvgIpc) is 1.98. The molecule has 2 N–H and O–H groups in total. The maximum Gasteiger partial charge on any atom is 0.106 e. The van der Waals surface area contributed by atoms with Crippen molar-refractivity contribution in [3.05, 3.63) is 0 Å². The summed E-state index contributed by atoms with van der Waals surface area (Å²) in [5, 5.41) is 18.8. The Labute approximate surface area is 73.4 Å². The largest absolute Gasteiger partial charge is 0.390 e. The first-order valence-corrected chi connectivity index (χ1v) is 4.59. The molecule has 72 valence electrons. The molecule has 0 spiro atoms. The topological polar surface area (TPSA) is 49.7 Å². The van der Waals surface area contributed by atoms with E-state index in [1.54, 1.807) is 0 Å². The first-order valence-electron chi connectivity index (χ1n) is 4.59. The van der Waals surface area contributed by atoms with Crippen LogP contribution in [0.15, 0.2) is 0 Å². The Morgan fingerprint density at radius 1 is 1.42 bits per heavy atom. The Balaban J connectivity index is 2.41. The molecule has 12 heavy (non-hydrogen) atoms. The van der Waals surface area contributed by atoms with E-state index < -0.39 is 12.2 Å². The predicted molar refractivity (Wildman–Crippen MR) is 45.8 cm³/mol. The van der Waals surface area contributed by atoms with Crippen LogP contribution in [-0.2, 0) is 4.74 Å². The van der Waals surface area contributed by atoms with Crippen molar-refractivity contribution in [3.8, 4) is 0 Å². The smallest absolute Gasteiger partial charge is 0.106 e. The zero-order chi connectivity index (χ0) is 9.14. The number of aliphatic hydroxyl groups excluding tert-OH is 2. The van der Waals surface area contributed by atoms with E-state index in [0.717, 1.165) is 6.42 Å². The second-order valence-corrected chi connectivity index (χ2v) is 3.89. The van der Waals surface area contributed by atoms with Crippen LogP contribution < -0.4 is 0 Å². The molecule has 1 saturated heterocycles. The molecule has 0 bridgehead atoms. The molecule has 1 rings (SSSR count).